The highest BCUT2D eigenvalue weighted by atomic mass is 16.4. The van der Waals surface area contributed by atoms with Gasteiger partial charge in [-0.25, -0.2) is 0 Å². The standard InChI is InChI=1S/C10H13N3.C2H4O2/c1-2-3-5-8-6-4-7-9-10(8)12-13-11-9;1-2(3)4/h4,6-7H,2-3,5H2,1H3,(H,11,12,13);1H3,(H,3,4). The summed E-state index contributed by atoms with van der Waals surface area (Å²) in [5, 5.41) is 18.2. The first kappa shape index (κ1) is 13.2. The Morgan fingerprint density at radius 1 is 1.47 bits per heavy atom. The molecule has 2 N–H and O–H groups in total. The van der Waals surface area contributed by atoms with E-state index in [4.69, 9.17) is 9.90 Å². The molecule has 2 rings (SSSR count). The number of carboxylic acids is 1. The third-order valence-electron chi connectivity index (χ3n) is 2.24. The van der Waals surface area contributed by atoms with Gasteiger partial charge in [0.05, 0.1) is 5.52 Å². The molecule has 1 heterocycles. The van der Waals surface area contributed by atoms with E-state index in [-0.39, 0.29) is 0 Å². The van der Waals surface area contributed by atoms with E-state index in [0.29, 0.717) is 0 Å². The van der Waals surface area contributed by atoms with Gasteiger partial charge in [0.2, 0.25) is 0 Å². The molecular weight excluding hydrogens is 218 g/mol. The van der Waals surface area contributed by atoms with Crippen molar-refractivity contribution in [1.29, 1.82) is 0 Å². The van der Waals surface area contributed by atoms with Crippen molar-refractivity contribution in [1.82, 2.24) is 15.4 Å². The fourth-order valence-electron chi connectivity index (χ4n) is 1.50. The van der Waals surface area contributed by atoms with Crippen LogP contribution in [0.4, 0.5) is 0 Å². The van der Waals surface area contributed by atoms with Gasteiger partial charge >= 0.3 is 0 Å². The normalized spacial score (nSPS) is 9.76. The average molecular weight is 235 g/mol. The quantitative estimate of drug-likeness (QED) is 0.856. The third-order valence-corrected chi connectivity index (χ3v) is 2.24. The molecule has 0 atom stereocenters. The maximum Gasteiger partial charge on any atom is 0.300 e. The number of aliphatic carboxylic acids is 1. The molecule has 0 unspecified atom stereocenters. The second-order valence-electron chi connectivity index (χ2n) is 3.75. The summed E-state index contributed by atoms with van der Waals surface area (Å²) in [7, 11) is 0. The molecule has 92 valence electrons. The first-order chi connectivity index (χ1) is 8.15. The Hall–Kier alpha value is -1.91. The van der Waals surface area contributed by atoms with Gasteiger partial charge in [-0.2, -0.15) is 0 Å². The summed E-state index contributed by atoms with van der Waals surface area (Å²) in [6, 6.07) is 6.18. The predicted molar refractivity (Wildman–Crippen MR) is 65.8 cm³/mol. The number of carboxylic acid groups (broad SMARTS) is 1. The monoisotopic (exact) mass is 235 g/mol. The van der Waals surface area contributed by atoms with Gasteiger partial charge in [0, 0.05) is 6.92 Å². The second-order valence-corrected chi connectivity index (χ2v) is 3.75. The zero-order valence-electron chi connectivity index (χ0n) is 10.1. The van der Waals surface area contributed by atoms with Crippen LogP contribution in [0.2, 0.25) is 0 Å². The lowest BCUT2D eigenvalue weighted by Crippen LogP contribution is -1.86. The van der Waals surface area contributed by atoms with Crippen LogP contribution in [0.25, 0.3) is 11.0 Å². The lowest BCUT2D eigenvalue weighted by Gasteiger charge is -1.98. The number of H-pyrrole nitrogens is 1. The van der Waals surface area contributed by atoms with Crippen molar-refractivity contribution < 1.29 is 9.90 Å². The Kier molecular flexibility index (Phi) is 5.13. The number of carbonyl (C=O) groups is 1. The maximum absolute atomic E-state index is 9.00. The van der Waals surface area contributed by atoms with Crippen LogP contribution >= 0.6 is 0 Å². The number of aryl methyl sites for hydroxylation is 1. The van der Waals surface area contributed by atoms with Gasteiger partial charge in [-0.1, -0.05) is 30.7 Å². The molecule has 0 radical (unpaired) electrons. The minimum atomic E-state index is -0.833. The Morgan fingerprint density at radius 3 is 2.82 bits per heavy atom. The number of aromatic amines is 1. The summed E-state index contributed by atoms with van der Waals surface area (Å²) in [5.74, 6) is -0.833. The van der Waals surface area contributed by atoms with E-state index in [9.17, 15) is 0 Å². The highest BCUT2D eigenvalue weighted by Crippen LogP contribution is 2.15. The molecule has 0 amide bonds. The van der Waals surface area contributed by atoms with Crippen molar-refractivity contribution in [3.8, 4) is 0 Å². The van der Waals surface area contributed by atoms with Gasteiger partial charge < -0.3 is 5.11 Å². The molecule has 1 aromatic carbocycles. The van der Waals surface area contributed by atoms with Crippen molar-refractivity contribution in [3.63, 3.8) is 0 Å². The van der Waals surface area contributed by atoms with E-state index in [1.165, 1.54) is 18.4 Å². The number of unbranched alkanes of at least 4 members (excludes halogenated alkanes) is 1. The summed E-state index contributed by atoms with van der Waals surface area (Å²) >= 11 is 0. The Bertz CT molecular complexity index is 475. The fourth-order valence-corrected chi connectivity index (χ4v) is 1.50. The SMILES string of the molecule is CC(=O)O.CCCCc1cccc2[nH]nnc12. The topological polar surface area (TPSA) is 78.9 Å². The molecule has 5 heteroatoms. The highest BCUT2D eigenvalue weighted by molar-refractivity contribution is 5.77. The molecule has 1 aromatic heterocycles. The predicted octanol–water partition coefficient (Wildman–Crippen LogP) is 2.39. The molecule has 0 bridgehead atoms. The molecule has 0 aliphatic heterocycles. The summed E-state index contributed by atoms with van der Waals surface area (Å²) in [6.07, 6.45) is 3.53. The Morgan fingerprint density at radius 2 is 2.18 bits per heavy atom. The minimum absolute atomic E-state index is 0.833. The van der Waals surface area contributed by atoms with Crippen molar-refractivity contribution in [2.75, 3.05) is 0 Å². The number of hydrogen-bond donors (Lipinski definition) is 2. The molecular formula is C12H17N3O2. The lowest BCUT2D eigenvalue weighted by atomic mass is 10.1. The van der Waals surface area contributed by atoms with E-state index < -0.39 is 5.97 Å². The number of nitrogens with one attached hydrogen (secondary N) is 1. The molecule has 0 saturated carbocycles. The number of fused-ring (bicyclic) bond motifs is 1. The van der Waals surface area contributed by atoms with E-state index in [2.05, 4.69) is 28.4 Å². The largest absolute Gasteiger partial charge is 0.481 e. The van der Waals surface area contributed by atoms with Crippen LogP contribution in [0, 0.1) is 0 Å². The van der Waals surface area contributed by atoms with Gasteiger partial charge in [-0.3, -0.25) is 9.89 Å². The lowest BCUT2D eigenvalue weighted by molar-refractivity contribution is -0.134. The average Bonchev–Trinajstić information content (AvgIpc) is 2.73. The van der Waals surface area contributed by atoms with Gasteiger partial charge in [-0.15, -0.1) is 5.10 Å². The van der Waals surface area contributed by atoms with E-state index >= 15 is 0 Å². The Balaban J connectivity index is 0.000000317. The first-order valence-corrected chi connectivity index (χ1v) is 5.63. The fraction of sp³-hybridized carbons (Fsp3) is 0.417. The number of aromatic nitrogens is 3. The van der Waals surface area contributed by atoms with Crippen LogP contribution < -0.4 is 0 Å². The first-order valence-electron chi connectivity index (χ1n) is 5.63. The molecule has 17 heavy (non-hydrogen) atoms. The molecule has 0 fully saturated rings. The highest BCUT2D eigenvalue weighted by Gasteiger charge is 2.02. The van der Waals surface area contributed by atoms with Crippen LogP contribution in [0.5, 0.6) is 0 Å². The van der Waals surface area contributed by atoms with Crippen molar-refractivity contribution >= 4 is 17.0 Å². The van der Waals surface area contributed by atoms with Gasteiger partial charge in [-0.05, 0) is 24.5 Å². The zero-order chi connectivity index (χ0) is 12.7. The zero-order valence-corrected chi connectivity index (χ0v) is 10.1. The molecule has 0 saturated heterocycles. The van der Waals surface area contributed by atoms with E-state index in [0.717, 1.165) is 24.4 Å². The van der Waals surface area contributed by atoms with Crippen LogP contribution in [0.3, 0.4) is 0 Å². The number of nitrogens with zero attached hydrogens (tertiary/aromatic N) is 2. The van der Waals surface area contributed by atoms with E-state index in [1.807, 2.05) is 12.1 Å². The molecule has 2 aromatic rings. The minimum Gasteiger partial charge on any atom is -0.481 e. The van der Waals surface area contributed by atoms with Gasteiger partial charge in [0.25, 0.3) is 5.97 Å². The van der Waals surface area contributed by atoms with Crippen LogP contribution in [0.15, 0.2) is 18.2 Å². The number of rotatable bonds is 3. The molecule has 0 spiro atoms. The summed E-state index contributed by atoms with van der Waals surface area (Å²) < 4.78 is 0. The van der Waals surface area contributed by atoms with E-state index in [1.54, 1.807) is 0 Å². The number of hydrogen-bond acceptors (Lipinski definition) is 3. The van der Waals surface area contributed by atoms with Crippen molar-refractivity contribution in [2.45, 2.75) is 33.1 Å². The molecule has 5 nitrogen and oxygen atoms in total. The Labute approximate surface area is 99.8 Å². The van der Waals surface area contributed by atoms with Crippen LogP contribution in [-0.2, 0) is 11.2 Å². The summed E-state index contributed by atoms with van der Waals surface area (Å²) in [6.45, 7) is 3.28. The summed E-state index contributed by atoms with van der Waals surface area (Å²) in [4.78, 5) is 9.00. The van der Waals surface area contributed by atoms with Crippen molar-refractivity contribution in [3.05, 3.63) is 23.8 Å². The van der Waals surface area contributed by atoms with Crippen molar-refractivity contribution in [2.24, 2.45) is 0 Å². The van der Waals surface area contributed by atoms with Gasteiger partial charge in [0.15, 0.2) is 0 Å². The third kappa shape index (κ3) is 4.22. The maximum atomic E-state index is 9.00. The summed E-state index contributed by atoms with van der Waals surface area (Å²) in [5.41, 5.74) is 3.36. The van der Waals surface area contributed by atoms with Crippen LogP contribution in [0.1, 0.15) is 32.3 Å². The molecule has 0 aliphatic carbocycles. The second kappa shape index (κ2) is 6.62. The smallest absolute Gasteiger partial charge is 0.300 e. The molecule has 0 aliphatic rings. The number of benzene rings is 1. The van der Waals surface area contributed by atoms with Crippen LogP contribution in [-0.4, -0.2) is 26.5 Å². The van der Waals surface area contributed by atoms with Gasteiger partial charge in [0.1, 0.15) is 5.52 Å².